The number of nitrogens with one attached hydrogen (secondary N) is 2. The Morgan fingerprint density at radius 1 is 1.12 bits per heavy atom. The standard InChI is InChI=1S/C27H39N3O3S/c1-18-10-12-20(13-11-18)33-16-25-29-23(17-34-25)26(32)30-22-9-7-6-8-21(22)28-24(31)14-19(2)15-27(3,4)5/h10-13,17,19,21-22H,6-9,14-16H2,1-5H3,(H,28,31)(H,30,32)/t19-,21-,22-/m1/s1. The zero-order valence-corrected chi connectivity index (χ0v) is 22.0. The van der Waals surface area contributed by atoms with Crippen LogP contribution in [0.25, 0.3) is 0 Å². The van der Waals surface area contributed by atoms with Gasteiger partial charge in [-0.1, -0.05) is 58.2 Å². The molecule has 0 radical (unpaired) electrons. The van der Waals surface area contributed by atoms with E-state index in [1.54, 1.807) is 5.38 Å². The molecule has 0 aliphatic heterocycles. The lowest BCUT2D eigenvalue weighted by molar-refractivity contribution is -0.123. The van der Waals surface area contributed by atoms with Crippen LogP contribution in [0.2, 0.25) is 0 Å². The molecular weight excluding hydrogens is 446 g/mol. The summed E-state index contributed by atoms with van der Waals surface area (Å²) in [5, 5.41) is 8.85. The first kappa shape index (κ1) is 26.2. The number of carbonyl (C=O) groups excluding carboxylic acids is 2. The largest absolute Gasteiger partial charge is 0.486 e. The van der Waals surface area contributed by atoms with Gasteiger partial charge in [0.15, 0.2) is 0 Å². The molecule has 0 unspecified atom stereocenters. The summed E-state index contributed by atoms with van der Waals surface area (Å²) in [6.07, 6.45) is 5.38. The number of benzene rings is 1. The first-order valence-corrected chi connectivity index (χ1v) is 13.2. The maximum absolute atomic E-state index is 12.9. The molecule has 3 atom stereocenters. The van der Waals surface area contributed by atoms with Gasteiger partial charge in [0.25, 0.3) is 5.91 Å². The topological polar surface area (TPSA) is 80.3 Å². The van der Waals surface area contributed by atoms with E-state index < -0.39 is 0 Å². The third kappa shape index (κ3) is 8.42. The van der Waals surface area contributed by atoms with Gasteiger partial charge in [-0.15, -0.1) is 11.3 Å². The minimum atomic E-state index is -0.190. The van der Waals surface area contributed by atoms with E-state index in [1.807, 2.05) is 31.2 Å². The second kappa shape index (κ2) is 11.8. The molecule has 6 nitrogen and oxygen atoms in total. The number of hydrogen-bond acceptors (Lipinski definition) is 5. The lowest BCUT2D eigenvalue weighted by atomic mass is 9.84. The van der Waals surface area contributed by atoms with Crippen LogP contribution in [0.4, 0.5) is 0 Å². The molecule has 2 N–H and O–H groups in total. The fraction of sp³-hybridized carbons (Fsp3) is 0.593. The van der Waals surface area contributed by atoms with Gasteiger partial charge in [-0.3, -0.25) is 9.59 Å². The van der Waals surface area contributed by atoms with Gasteiger partial charge >= 0.3 is 0 Å². The van der Waals surface area contributed by atoms with E-state index in [2.05, 4.69) is 43.3 Å². The van der Waals surface area contributed by atoms with Crippen molar-refractivity contribution in [3.8, 4) is 5.75 Å². The van der Waals surface area contributed by atoms with Gasteiger partial charge in [0.2, 0.25) is 5.91 Å². The molecule has 1 heterocycles. The zero-order chi connectivity index (χ0) is 24.7. The van der Waals surface area contributed by atoms with Crippen molar-refractivity contribution in [2.75, 3.05) is 0 Å². The number of aromatic nitrogens is 1. The summed E-state index contributed by atoms with van der Waals surface area (Å²) in [4.78, 5) is 30.0. The van der Waals surface area contributed by atoms with E-state index in [4.69, 9.17) is 4.74 Å². The summed E-state index contributed by atoms with van der Waals surface area (Å²) in [6.45, 7) is 11.1. The van der Waals surface area contributed by atoms with Crippen molar-refractivity contribution in [3.63, 3.8) is 0 Å². The van der Waals surface area contributed by atoms with Crippen LogP contribution < -0.4 is 15.4 Å². The SMILES string of the molecule is Cc1ccc(OCc2nc(C(=O)N[C@@H]3CCCC[C@H]3NC(=O)C[C@@H](C)CC(C)(C)C)cs2)cc1. The molecule has 0 saturated heterocycles. The predicted molar refractivity (Wildman–Crippen MR) is 137 cm³/mol. The number of aryl methyl sites for hydroxylation is 1. The quantitative estimate of drug-likeness (QED) is 0.481. The minimum absolute atomic E-state index is 0.0324. The van der Waals surface area contributed by atoms with E-state index >= 15 is 0 Å². The fourth-order valence-electron chi connectivity index (χ4n) is 4.68. The molecule has 1 aromatic carbocycles. The lowest BCUT2D eigenvalue weighted by Gasteiger charge is -2.33. The van der Waals surface area contributed by atoms with Crippen LogP contribution in [0.15, 0.2) is 29.6 Å². The highest BCUT2D eigenvalue weighted by atomic mass is 32.1. The van der Waals surface area contributed by atoms with Gasteiger partial charge in [-0.05, 0) is 49.7 Å². The van der Waals surface area contributed by atoms with Crippen molar-refractivity contribution < 1.29 is 14.3 Å². The van der Waals surface area contributed by atoms with Crippen LogP contribution in [-0.2, 0) is 11.4 Å². The van der Waals surface area contributed by atoms with Gasteiger partial charge in [-0.25, -0.2) is 4.98 Å². The molecule has 7 heteroatoms. The number of nitrogens with zero attached hydrogens (tertiary/aromatic N) is 1. The Labute approximate surface area is 207 Å². The van der Waals surface area contributed by atoms with E-state index in [9.17, 15) is 9.59 Å². The number of thiazole rings is 1. The maximum atomic E-state index is 12.9. The highest BCUT2D eigenvalue weighted by molar-refractivity contribution is 7.09. The van der Waals surface area contributed by atoms with E-state index in [-0.39, 0.29) is 29.3 Å². The van der Waals surface area contributed by atoms with Crippen LogP contribution in [0.3, 0.4) is 0 Å². The molecule has 1 saturated carbocycles. The van der Waals surface area contributed by atoms with Gasteiger partial charge in [0, 0.05) is 23.9 Å². The van der Waals surface area contributed by atoms with Crippen molar-refractivity contribution in [3.05, 3.63) is 45.9 Å². The van der Waals surface area contributed by atoms with E-state index in [0.29, 0.717) is 24.6 Å². The molecule has 1 aromatic heterocycles. The number of hydrogen-bond donors (Lipinski definition) is 2. The Balaban J connectivity index is 1.51. The molecular formula is C27H39N3O3S. The van der Waals surface area contributed by atoms with Crippen LogP contribution in [0.5, 0.6) is 5.75 Å². The monoisotopic (exact) mass is 485 g/mol. The summed E-state index contributed by atoms with van der Waals surface area (Å²) in [5.74, 6) is 0.994. The number of rotatable bonds is 9. The number of carbonyl (C=O) groups is 2. The fourth-order valence-corrected chi connectivity index (χ4v) is 5.36. The second-order valence-corrected chi connectivity index (χ2v) is 11.8. The maximum Gasteiger partial charge on any atom is 0.271 e. The second-order valence-electron chi connectivity index (χ2n) is 10.8. The van der Waals surface area contributed by atoms with Crippen LogP contribution >= 0.6 is 11.3 Å². The lowest BCUT2D eigenvalue weighted by Crippen LogP contribution is -2.53. The van der Waals surface area contributed by atoms with Crippen molar-refractivity contribution in [1.82, 2.24) is 15.6 Å². The first-order chi connectivity index (χ1) is 16.1. The Hall–Kier alpha value is -2.41. The highest BCUT2D eigenvalue weighted by Gasteiger charge is 2.29. The van der Waals surface area contributed by atoms with Crippen molar-refractivity contribution in [2.45, 2.75) is 91.8 Å². The van der Waals surface area contributed by atoms with Gasteiger partial charge in [0.1, 0.15) is 23.1 Å². The summed E-state index contributed by atoms with van der Waals surface area (Å²) >= 11 is 1.42. The zero-order valence-electron chi connectivity index (χ0n) is 21.1. The molecule has 34 heavy (non-hydrogen) atoms. The number of amides is 2. The Bertz CT molecular complexity index is 949. The van der Waals surface area contributed by atoms with E-state index in [0.717, 1.165) is 42.9 Å². The Morgan fingerprint density at radius 3 is 2.41 bits per heavy atom. The summed E-state index contributed by atoms with van der Waals surface area (Å²) in [5.41, 5.74) is 1.79. The molecule has 2 amide bonds. The molecule has 0 bridgehead atoms. The highest BCUT2D eigenvalue weighted by Crippen LogP contribution is 2.26. The number of ether oxygens (including phenoxy) is 1. The minimum Gasteiger partial charge on any atom is -0.486 e. The van der Waals surface area contributed by atoms with Gasteiger partial charge in [0.05, 0.1) is 0 Å². The molecule has 186 valence electrons. The van der Waals surface area contributed by atoms with Gasteiger partial charge in [-0.2, -0.15) is 0 Å². The molecule has 2 aromatic rings. The van der Waals surface area contributed by atoms with Crippen LogP contribution in [0, 0.1) is 18.3 Å². The van der Waals surface area contributed by atoms with Gasteiger partial charge < -0.3 is 15.4 Å². The van der Waals surface area contributed by atoms with Crippen molar-refractivity contribution in [1.29, 1.82) is 0 Å². The first-order valence-electron chi connectivity index (χ1n) is 12.3. The third-order valence-electron chi connectivity index (χ3n) is 6.09. The van der Waals surface area contributed by atoms with E-state index in [1.165, 1.54) is 16.9 Å². The summed E-state index contributed by atoms with van der Waals surface area (Å²) < 4.78 is 5.78. The Kier molecular flexibility index (Phi) is 9.11. The molecule has 1 aliphatic carbocycles. The summed E-state index contributed by atoms with van der Waals surface area (Å²) in [6, 6.07) is 7.75. The molecule has 1 aliphatic rings. The average molecular weight is 486 g/mol. The molecule has 3 rings (SSSR count). The summed E-state index contributed by atoms with van der Waals surface area (Å²) in [7, 11) is 0. The Morgan fingerprint density at radius 2 is 1.76 bits per heavy atom. The van der Waals surface area contributed by atoms with Crippen molar-refractivity contribution >= 4 is 23.2 Å². The smallest absolute Gasteiger partial charge is 0.271 e. The third-order valence-corrected chi connectivity index (χ3v) is 6.91. The van der Waals surface area contributed by atoms with Crippen LogP contribution in [-0.4, -0.2) is 28.9 Å². The molecule has 1 fully saturated rings. The normalized spacial score (nSPS) is 19.3. The average Bonchev–Trinajstić information content (AvgIpc) is 3.22. The molecule has 0 spiro atoms. The predicted octanol–water partition coefficient (Wildman–Crippen LogP) is 5.65. The van der Waals surface area contributed by atoms with Crippen LogP contribution in [0.1, 0.15) is 87.3 Å². The van der Waals surface area contributed by atoms with Crippen molar-refractivity contribution in [2.24, 2.45) is 11.3 Å².